The van der Waals surface area contributed by atoms with Gasteiger partial charge in [0.15, 0.2) is 0 Å². The third kappa shape index (κ3) is 5.89. The zero-order chi connectivity index (χ0) is 21.4. The summed E-state index contributed by atoms with van der Waals surface area (Å²) in [4.78, 5) is 27.4. The van der Waals surface area contributed by atoms with Crippen LogP contribution in [0.2, 0.25) is 5.02 Å². The smallest absolute Gasteiger partial charge is 0.244 e. The monoisotopic (exact) mass is 417 g/mol. The van der Waals surface area contributed by atoms with Crippen molar-refractivity contribution in [2.75, 3.05) is 18.4 Å². The lowest BCUT2D eigenvalue weighted by molar-refractivity contribution is -0.130. The summed E-state index contributed by atoms with van der Waals surface area (Å²) in [5.74, 6) is 0.747. The first-order valence-electron chi connectivity index (χ1n) is 10.5. The van der Waals surface area contributed by atoms with Crippen molar-refractivity contribution in [3.05, 3.63) is 35.7 Å². The van der Waals surface area contributed by atoms with Gasteiger partial charge >= 0.3 is 0 Å². The molecule has 0 radical (unpaired) electrons. The molecular formula is C22H32ClN5O. The lowest BCUT2D eigenvalue weighted by atomic mass is 10.1. The van der Waals surface area contributed by atoms with Crippen molar-refractivity contribution in [3.8, 4) is 11.4 Å². The van der Waals surface area contributed by atoms with Crippen LogP contribution in [0.3, 0.4) is 0 Å². The number of nitrogens with one attached hydrogen (secondary N) is 1. The molecular weight excluding hydrogens is 386 g/mol. The Morgan fingerprint density at radius 2 is 1.83 bits per heavy atom. The van der Waals surface area contributed by atoms with Gasteiger partial charge in [0.1, 0.15) is 18.2 Å². The number of halogens is 1. The van der Waals surface area contributed by atoms with Gasteiger partial charge in [-0.3, -0.25) is 9.78 Å². The van der Waals surface area contributed by atoms with Crippen molar-refractivity contribution in [3.63, 3.8) is 0 Å². The first kappa shape index (κ1) is 23.1. The molecule has 29 heavy (non-hydrogen) atoms. The molecule has 1 saturated heterocycles. The van der Waals surface area contributed by atoms with Crippen molar-refractivity contribution < 1.29 is 4.79 Å². The molecule has 7 heteroatoms. The van der Waals surface area contributed by atoms with E-state index < -0.39 is 0 Å². The SMILES string of the molecule is CC.CC.C[C@@H](Nc1cc(-c2ccc(Cl)cn2)ncn1)C(=O)N1CCC2(CC2)C1. The van der Waals surface area contributed by atoms with Crippen LogP contribution >= 0.6 is 11.6 Å². The maximum Gasteiger partial charge on any atom is 0.244 e. The molecule has 2 aromatic heterocycles. The number of carbonyl (C=O) groups excluding carboxylic acids is 1. The first-order valence-corrected chi connectivity index (χ1v) is 10.9. The molecule has 1 atom stereocenters. The van der Waals surface area contributed by atoms with Crippen molar-refractivity contribution in [2.45, 2.75) is 59.9 Å². The largest absolute Gasteiger partial charge is 0.359 e. The molecule has 1 amide bonds. The summed E-state index contributed by atoms with van der Waals surface area (Å²) in [6.45, 7) is 11.7. The average molecular weight is 418 g/mol. The summed E-state index contributed by atoms with van der Waals surface area (Å²) in [7, 11) is 0. The molecule has 0 unspecified atom stereocenters. The van der Waals surface area contributed by atoms with E-state index in [1.165, 1.54) is 19.2 Å². The van der Waals surface area contributed by atoms with E-state index in [1.54, 1.807) is 18.3 Å². The van der Waals surface area contributed by atoms with Crippen LogP contribution in [-0.4, -0.2) is 44.9 Å². The lowest BCUT2D eigenvalue weighted by Gasteiger charge is -2.22. The second-order valence-corrected chi connectivity index (χ2v) is 7.46. The molecule has 1 saturated carbocycles. The Labute approximate surface area is 179 Å². The van der Waals surface area contributed by atoms with Crippen LogP contribution in [0.25, 0.3) is 11.4 Å². The highest BCUT2D eigenvalue weighted by molar-refractivity contribution is 6.30. The number of hydrogen-bond donors (Lipinski definition) is 1. The van der Waals surface area contributed by atoms with E-state index in [0.717, 1.165) is 19.5 Å². The molecule has 4 rings (SSSR count). The van der Waals surface area contributed by atoms with Crippen LogP contribution in [0.15, 0.2) is 30.7 Å². The average Bonchev–Trinajstić information content (AvgIpc) is 3.39. The molecule has 1 spiro atoms. The minimum absolute atomic E-state index is 0.133. The molecule has 6 nitrogen and oxygen atoms in total. The van der Waals surface area contributed by atoms with Crippen molar-refractivity contribution in [2.24, 2.45) is 5.41 Å². The number of rotatable bonds is 4. The lowest BCUT2D eigenvalue weighted by Crippen LogP contribution is -2.40. The molecule has 1 aliphatic heterocycles. The number of hydrogen-bond acceptors (Lipinski definition) is 5. The second kappa shape index (κ2) is 10.5. The molecule has 0 aromatic carbocycles. The van der Waals surface area contributed by atoms with Gasteiger partial charge in [0.25, 0.3) is 0 Å². The van der Waals surface area contributed by atoms with Crippen LogP contribution in [-0.2, 0) is 4.79 Å². The van der Waals surface area contributed by atoms with Crippen LogP contribution in [0.1, 0.15) is 53.9 Å². The number of carbonyl (C=O) groups is 1. The second-order valence-electron chi connectivity index (χ2n) is 7.03. The highest BCUT2D eigenvalue weighted by Crippen LogP contribution is 2.52. The molecule has 2 fully saturated rings. The van der Waals surface area contributed by atoms with Gasteiger partial charge < -0.3 is 10.2 Å². The van der Waals surface area contributed by atoms with E-state index >= 15 is 0 Å². The fraction of sp³-hybridized carbons (Fsp3) is 0.545. The van der Waals surface area contributed by atoms with Gasteiger partial charge in [-0.05, 0) is 43.7 Å². The van der Waals surface area contributed by atoms with Gasteiger partial charge in [0, 0.05) is 25.4 Å². The molecule has 1 N–H and O–H groups in total. The normalized spacial score (nSPS) is 16.8. The minimum atomic E-state index is -0.324. The van der Waals surface area contributed by atoms with Crippen LogP contribution in [0, 0.1) is 5.41 Å². The van der Waals surface area contributed by atoms with Gasteiger partial charge in [-0.1, -0.05) is 39.3 Å². The minimum Gasteiger partial charge on any atom is -0.359 e. The van der Waals surface area contributed by atoms with E-state index in [2.05, 4.69) is 20.3 Å². The van der Waals surface area contributed by atoms with E-state index in [9.17, 15) is 4.79 Å². The molecule has 1 aliphatic carbocycles. The third-order valence-electron chi connectivity index (χ3n) is 5.10. The fourth-order valence-corrected chi connectivity index (χ4v) is 3.48. The Balaban J connectivity index is 0.000000707. The van der Waals surface area contributed by atoms with Crippen molar-refractivity contribution >= 4 is 23.3 Å². The van der Waals surface area contributed by atoms with Crippen molar-refractivity contribution in [1.82, 2.24) is 19.9 Å². The van der Waals surface area contributed by atoms with Gasteiger partial charge in [-0.2, -0.15) is 0 Å². The van der Waals surface area contributed by atoms with E-state index in [0.29, 0.717) is 27.6 Å². The highest BCUT2D eigenvalue weighted by Gasteiger charge is 2.49. The number of pyridine rings is 1. The summed E-state index contributed by atoms with van der Waals surface area (Å²) in [6, 6.07) is 5.05. The summed E-state index contributed by atoms with van der Waals surface area (Å²) >= 11 is 5.87. The Morgan fingerprint density at radius 3 is 2.41 bits per heavy atom. The first-order chi connectivity index (χ1) is 14.0. The predicted molar refractivity (Wildman–Crippen MR) is 119 cm³/mol. The number of anilines is 1. The summed E-state index contributed by atoms with van der Waals surface area (Å²) < 4.78 is 0. The van der Waals surface area contributed by atoms with Gasteiger partial charge in [-0.25, -0.2) is 9.97 Å². The third-order valence-corrected chi connectivity index (χ3v) is 5.32. The van der Waals surface area contributed by atoms with Gasteiger partial charge in [0.05, 0.1) is 16.4 Å². The fourth-order valence-electron chi connectivity index (χ4n) is 3.37. The van der Waals surface area contributed by atoms with Gasteiger partial charge in [0.2, 0.25) is 5.91 Å². The maximum absolute atomic E-state index is 12.7. The topological polar surface area (TPSA) is 71.0 Å². The number of nitrogens with zero attached hydrogens (tertiary/aromatic N) is 4. The van der Waals surface area contributed by atoms with Crippen LogP contribution < -0.4 is 5.32 Å². The van der Waals surface area contributed by atoms with Crippen molar-refractivity contribution in [1.29, 1.82) is 0 Å². The Bertz CT molecular complexity index is 792. The predicted octanol–water partition coefficient (Wildman–Crippen LogP) is 5.06. The molecule has 0 bridgehead atoms. The Kier molecular flexibility index (Phi) is 8.38. The zero-order valence-corrected chi connectivity index (χ0v) is 18.8. The zero-order valence-electron chi connectivity index (χ0n) is 18.1. The Hall–Kier alpha value is -2.21. The van der Waals surface area contributed by atoms with Crippen LogP contribution in [0.5, 0.6) is 0 Å². The van der Waals surface area contributed by atoms with E-state index in [-0.39, 0.29) is 11.9 Å². The standard InChI is InChI=1S/C18H20ClN5O.2C2H6/c1-12(17(25)24-7-6-18(10-24)4-5-18)23-16-8-15(21-11-22-16)14-3-2-13(19)9-20-14;2*1-2/h2-3,8-9,11-12H,4-7,10H2,1H3,(H,21,22,23);2*1-2H3/t12-;;/m1../s1. The van der Waals surface area contributed by atoms with E-state index in [1.807, 2.05) is 45.6 Å². The van der Waals surface area contributed by atoms with E-state index in [4.69, 9.17) is 11.6 Å². The summed E-state index contributed by atoms with van der Waals surface area (Å²) in [5.41, 5.74) is 1.84. The highest BCUT2D eigenvalue weighted by atomic mass is 35.5. The maximum atomic E-state index is 12.7. The quantitative estimate of drug-likeness (QED) is 0.752. The summed E-state index contributed by atoms with van der Waals surface area (Å²) in [6.07, 6.45) is 6.73. The Morgan fingerprint density at radius 1 is 1.10 bits per heavy atom. The molecule has 158 valence electrons. The molecule has 3 heterocycles. The number of amides is 1. The number of aromatic nitrogens is 3. The molecule has 2 aromatic rings. The summed E-state index contributed by atoms with van der Waals surface area (Å²) in [5, 5.41) is 3.77. The van der Waals surface area contributed by atoms with Gasteiger partial charge in [-0.15, -0.1) is 0 Å². The molecule has 2 aliphatic rings. The number of likely N-dealkylation sites (tertiary alicyclic amines) is 1. The van der Waals surface area contributed by atoms with Crippen LogP contribution in [0.4, 0.5) is 5.82 Å².